The second-order valence-corrected chi connectivity index (χ2v) is 13.2. The lowest BCUT2D eigenvalue weighted by Crippen LogP contribution is -2.35. The number of nitrogens with one attached hydrogen (secondary N) is 2. The molecule has 2 heterocycles. The summed E-state index contributed by atoms with van der Waals surface area (Å²) in [7, 11) is -3.41. The fraction of sp³-hybridized carbons (Fsp3) is 0.438. The molecule has 0 aliphatic carbocycles. The number of benzene rings is 2. The van der Waals surface area contributed by atoms with Gasteiger partial charge in [-0.15, -0.1) is 0 Å². The maximum Gasteiger partial charge on any atom is 0.319 e. The molecule has 2 aromatic carbocycles. The number of likely N-dealkylation sites (tertiary alicyclic amines) is 1. The average Bonchev–Trinajstić information content (AvgIpc) is 2.98. The van der Waals surface area contributed by atoms with E-state index in [-0.39, 0.29) is 23.1 Å². The Morgan fingerprint density at radius 3 is 2.25 bits per heavy atom. The zero-order valence-corrected chi connectivity index (χ0v) is 24.7. The third-order valence-corrected chi connectivity index (χ3v) is 10.3. The second kappa shape index (κ2) is 13.4. The molecule has 0 unspecified atom stereocenters. The van der Waals surface area contributed by atoms with Crippen molar-refractivity contribution in [3.05, 3.63) is 89.7 Å². The highest BCUT2D eigenvalue weighted by molar-refractivity contribution is 7.91. The van der Waals surface area contributed by atoms with Gasteiger partial charge in [0.1, 0.15) is 0 Å². The van der Waals surface area contributed by atoms with E-state index in [1.165, 1.54) is 11.1 Å². The lowest BCUT2D eigenvalue weighted by molar-refractivity contribution is 0.186. The second-order valence-electron chi connectivity index (χ2n) is 11.2. The SMILES string of the molecule is CCC(C)(CC)c1ccc(CN2CCC(CS(=O)(=O)c3ccc(NC(=O)NCc4cccnc4)cc3)CC2)cc1. The number of pyridine rings is 1. The molecule has 2 amide bonds. The van der Waals surface area contributed by atoms with Crippen LogP contribution < -0.4 is 10.6 Å². The van der Waals surface area contributed by atoms with Gasteiger partial charge in [-0.1, -0.05) is 51.1 Å². The van der Waals surface area contributed by atoms with Crippen molar-refractivity contribution in [3.63, 3.8) is 0 Å². The number of carbonyl (C=O) groups excluding carboxylic acids is 1. The van der Waals surface area contributed by atoms with Crippen molar-refractivity contribution >= 4 is 21.6 Å². The smallest absolute Gasteiger partial charge is 0.319 e. The number of amides is 2. The summed E-state index contributed by atoms with van der Waals surface area (Å²) in [5.74, 6) is 0.301. The summed E-state index contributed by atoms with van der Waals surface area (Å²) in [6.45, 7) is 9.90. The Labute approximate surface area is 239 Å². The summed E-state index contributed by atoms with van der Waals surface area (Å²) in [4.78, 5) is 18.9. The molecule has 0 radical (unpaired) electrons. The van der Waals surface area contributed by atoms with Crippen LogP contribution in [0.3, 0.4) is 0 Å². The molecule has 1 aromatic heterocycles. The van der Waals surface area contributed by atoms with Crippen molar-refractivity contribution in [2.75, 3.05) is 24.2 Å². The number of anilines is 1. The van der Waals surface area contributed by atoms with Gasteiger partial charge >= 0.3 is 6.03 Å². The third kappa shape index (κ3) is 7.92. The van der Waals surface area contributed by atoms with E-state index < -0.39 is 9.84 Å². The predicted octanol–water partition coefficient (Wildman–Crippen LogP) is 6.17. The number of hydrogen-bond donors (Lipinski definition) is 2. The summed E-state index contributed by atoms with van der Waals surface area (Å²) in [6.07, 6.45) is 7.38. The summed E-state index contributed by atoms with van der Waals surface area (Å²) in [6, 6.07) is 18.8. The molecule has 2 N–H and O–H groups in total. The van der Waals surface area contributed by atoms with Crippen LogP contribution in [0, 0.1) is 5.92 Å². The van der Waals surface area contributed by atoms with Gasteiger partial charge in [0.25, 0.3) is 0 Å². The van der Waals surface area contributed by atoms with Crippen molar-refractivity contribution in [3.8, 4) is 0 Å². The molecule has 1 fully saturated rings. The number of nitrogens with zero attached hydrogens (tertiary/aromatic N) is 2. The maximum absolute atomic E-state index is 13.1. The highest BCUT2D eigenvalue weighted by Crippen LogP contribution is 2.31. The van der Waals surface area contributed by atoms with Gasteiger partial charge in [0, 0.05) is 31.2 Å². The third-order valence-electron chi connectivity index (χ3n) is 8.43. The highest BCUT2D eigenvalue weighted by atomic mass is 32.2. The van der Waals surface area contributed by atoms with E-state index in [2.05, 4.69) is 65.6 Å². The largest absolute Gasteiger partial charge is 0.334 e. The normalized spacial score (nSPS) is 15.1. The van der Waals surface area contributed by atoms with Crippen LogP contribution in [0.2, 0.25) is 0 Å². The van der Waals surface area contributed by atoms with Crippen LogP contribution in [0.4, 0.5) is 10.5 Å². The van der Waals surface area contributed by atoms with Gasteiger partial charge in [-0.05, 0) is 97.1 Å². The Hall–Kier alpha value is -3.23. The average molecular weight is 563 g/mol. The monoisotopic (exact) mass is 562 g/mol. The standard InChI is InChI=1S/C32H42N4O3S/c1-4-32(3,5-2)28-10-8-25(9-11-28)23-36-19-16-26(17-20-36)24-40(38,39)30-14-12-29(13-15-30)35-31(37)34-22-27-7-6-18-33-21-27/h6-15,18,21,26H,4-5,16-17,19-20,22-24H2,1-3H3,(H2,34,35,37). The minimum Gasteiger partial charge on any atom is -0.334 e. The summed E-state index contributed by atoms with van der Waals surface area (Å²) in [5.41, 5.74) is 4.37. The molecule has 1 aliphatic rings. The van der Waals surface area contributed by atoms with Crippen LogP contribution in [0.25, 0.3) is 0 Å². The van der Waals surface area contributed by atoms with Crippen molar-refractivity contribution in [2.45, 2.75) is 69.9 Å². The molecule has 7 nitrogen and oxygen atoms in total. The Balaban J connectivity index is 1.23. The van der Waals surface area contributed by atoms with E-state index in [0.717, 1.165) is 50.9 Å². The zero-order chi connectivity index (χ0) is 28.6. The van der Waals surface area contributed by atoms with Gasteiger partial charge in [0.2, 0.25) is 0 Å². The molecule has 40 heavy (non-hydrogen) atoms. The van der Waals surface area contributed by atoms with Crippen LogP contribution in [0.15, 0.2) is 78.0 Å². The molecule has 8 heteroatoms. The number of sulfone groups is 1. The van der Waals surface area contributed by atoms with Crippen molar-refractivity contribution in [2.24, 2.45) is 5.92 Å². The van der Waals surface area contributed by atoms with Crippen LogP contribution in [0.1, 0.15) is 63.1 Å². The van der Waals surface area contributed by atoms with E-state index in [0.29, 0.717) is 17.1 Å². The van der Waals surface area contributed by atoms with Crippen LogP contribution >= 0.6 is 0 Å². The number of hydrogen-bond acceptors (Lipinski definition) is 5. The van der Waals surface area contributed by atoms with Gasteiger partial charge in [-0.25, -0.2) is 13.2 Å². The van der Waals surface area contributed by atoms with Crippen molar-refractivity contribution in [1.29, 1.82) is 0 Å². The molecular formula is C32H42N4O3S. The highest BCUT2D eigenvalue weighted by Gasteiger charge is 2.26. The molecule has 0 atom stereocenters. The Morgan fingerprint density at radius 2 is 1.65 bits per heavy atom. The van der Waals surface area contributed by atoms with Gasteiger partial charge < -0.3 is 10.6 Å². The van der Waals surface area contributed by atoms with Crippen LogP contribution in [-0.2, 0) is 28.3 Å². The Kier molecular flexibility index (Phi) is 9.98. The maximum atomic E-state index is 13.1. The lowest BCUT2D eigenvalue weighted by Gasteiger charge is -2.32. The van der Waals surface area contributed by atoms with E-state index >= 15 is 0 Å². The molecule has 1 aliphatic heterocycles. The number of rotatable bonds is 11. The quantitative estimate of drug-likeness (QED) is 0.292. The minimum atomic E-state index is -3.41. The molecule has 0 spiro atoms. The van der Waals surface area contributed by atoms with Crippen LogP contribution in [-0.4, -0.2) is 43.2 Å². The minimum absolute atomic E-state index is 0.148. The Morgan fingerprint density at radius 1 is 0.975 bits per heavy atom. The van der Waals surface area contributed by atoms with Crippen LogP contribution in [0.5, 0.6) is 0 Å². The Bertz CT molecular complexity index is 1330. The lowest BCUT2D eigenvalue weighted by atomic mass is 9.78. The van der Waals surface area contributed by atoms with E-state index in [4.69, 9.17) is 0 Å². The number of urea groups is 1. The number of carbonyl (C=O) groups is 1. The summed E-state index contributed by atoms with van der Waals surface area (Å²) < 4.78 is 26.2. The first-order valence-corrected chi connectivity index (χ1v) is 15.9. The fourth-order valence-electron chi connectivity index (χ4n) is 5.25. The molecule has 0 bridgehead atoms. The van der Waals surface area contributed by atoms with E-state index in [1.807, 2.05) is 12.1 Å². The summed E-state index contributed by atoms with van der Waals surface area (Å²) in [5, 5.41) is 5.51. The van der Waals surface area contributed by atoms with Gasteiger partial charge in [-0.2, -0.15) is 0 Å². The van der Waals surface area contributed by atoms with E-state index in [1.54, 1.807) is 36.7 Å². The van der Waals surface area contributed by atoms with Gasteiger partial charge in [-0.3, -0.25) is 9.88 Å². The molecule has 1 saturated heterocycles. The first-order valence-electron chi connectivity index (χ1n) is 14.3. The molecule has 0 saturated carbocycles. The summed E-state index contributed by atoms with van der Waals surface area (Å²) >= 11 is 0. The first kappa shape index (κ1) is 29.7. The van der Waals surface area contributed by atoms with Crippen molar-refractivity contribution < 1.29 is 13.2 Å². The van der Waals surface area contributed by atoms with E-state index in [9.17, 15) is 13.2 Å². The fourth-order valence-corrected chi connectivity index (χ4v) is 6.95. The van der Waals surface area contributed by atoms with Gasteiger partial charge in [0.05, 0.1) is 10.6 Å². The first-order chi connectivity index (χ1) is 19.2. The molecule has 214 valence electrons. The predicted molar refractivity (Wildman–Crippen MR) is 161 cm³/mol. The topological polar surface area (TPSA) is 91.4 Å². The number of piperidine rings is 1. The molecule has 3 aromatic rings. The van der Waals surface area contributed by atoms with Crippen molar-refractivity contribution in [1.82, 2.24) is 15.2 Å². The zero-order valence-electron chi connectivity index (χ0n) is 23.9. The van der Waals surface area contributed by atoms with Gasteiger partial charge in [0.15, 0.2) is 9.84 Å². The number of aromatic nitrogens is 1. The molecular weight excluding hydrogens is 520 g/mol. The molecule has 4 rings (SSSR count).